The lowest BCUT2D eigenvalue weighted by molar-refractivity contribution is -0.155. The van der Waals surface area contributed by atoms with Gasteiger partial charge < -0.3 is 4.74 Å². The highest BCUT2D eigenvalue weighted by Crippen LogP contribution is 2.26. The second-order valence-electron chi connectivity index (χ2n) is 5.68. The topological polar surface area (TPSA) is 32.8 Å². The van der Waals surface area contributed by atoms with Gasteiger partial charge in [-0.2, -0.15) is 0 Å². The maximum Gasteiger partial charge on any atom is 0.325 e. The molecule has 4 heteroatoms. The minimum atomic E-state index is -0.488. The summed E-state index contributed by atoms with van der Waals surface area (Å²) in [7, 11) is 1.47. The number of methoxy groups -OCH3 is 1. The number of carbonyl (C=O) groups excluding carboxylic acids is 1. The molecule has 2 fully saturated rings. The number of fused-ring (bicyclic) bond motifs is 1. The number of piperidine rings is 1. The molecular formula is C13H24N2O2. The Morgan fingerprint density at radius 2 is 2.00 bits per heavy atom. The van der Waals surface area contributed by atoms with E-state index in [-0.39, 0.29) is 5.97 Å². The van der Waals surface area contributed by atoms with Gasteiger partial charge in [0.05, 0.1) is 7.11 Å². The van der Waals surface area contributed by atoms with E-state index in [1.807, 2.05) is 13.8 Å². The molecule has 0 spiro atoms. The van der Waals surface area contributed by atoms with Crippen LogP contribution in [0.3, 0.4) is 0 Å². The SMILES string of the molecule is COC(=O)C(C)(C)N1CCN2CCCCC2C1. The van der Waals surface area contributed by atoms with Crippen molar-refractivity contribution in [3.8, 4) is 0 Å². The summed E-state index contributed by atoms with van der Waals surface area (Å²) >= 11 is 0. The van der Waals surface area contributed by atoms with Gasteiger partial charge in [0.15, 0.2) is 0 Å². The Morgan fingerprint density at radius 1 is 1.24 bits per heavy atom. The van der Waals surface area contributed by atoms with Crippen LogP contribution in [0.2, 0.25) is 0 Å². The molecule has 0 saturated carbocycles. The van der Waals surface area contributed by atoms with Gasteiger partial charge in [0.25, 0.3) is 0 Å². The van der Waals surface area contributed by atoms with Gasteiger partial charge in [0.2, 0.25) is 0 Å². The van der Waals surface area contributed by atoms with Crippen LogP contribution in [0, 0.1) is 0 Å². The molecule has 2 heterocycles. The van der Waals surface area contributed by atoms with Crippen molar-refractivity contribution in [3.05, 3.63) is 0 Å². The van der Waals surface area contributed by atoms with E-state index >= 15 is 0 Å². The van der Waals surface area contributed by atoms with E-state index in [1.165, 1.54) is 32.9 Å². The first kappa shape index (κ1) is 12.8. The van der Waals surface area contributed by atoms with Crippen molar-refractivity contribution in [2.24, 2.45) is 0 Å². The summed E-state index contributed by atoms with van der Waals surface area (Å²) in [5.74, 6) is -0.123. The summed E-state index contributed by atoms with van der Waals surface area (Å²) in [5, 5.41) is 0. The highest BCUT2D eigenvalue weighted by Gasteiger charge is 2.40. The van der Waals surface area contributed by atoms with Crippen LogP contribution in [-0.2, 0) is 9.53 Å². The molecule has 2 aliphatic rings. The summed E-state index contributed by atoms with van der Waals surface area (Å²) in [6.07, 6.45) is 3.93. The van der Waals surface area contributed by atoms with Gasteiger partial charge >= 0.3 is 5.97 Å². The van der Waals surface area contributed by atoms with Crippen LogP contribution in [-0.4, -0.2) is 60.6 Å². The van der Waals surface area contributed by atoms with Crippen molar-refractivity contribution in [1.82, 2.24) is 9.80 Å². The van der Waals surface area contributed by atoms with Gasteiger partial charge in [0.1, 0.15) is 5.54 Å². The van der Waals surface area contributed by atoms with Crippen LogP contribution < -0.4 is 0 Å². The Hall–Kier alpha value is -0.610. The smallest absolute Gasteiger partial charge is 0.325 e. The molecule has 1 atom stereocenters. The zero-order valence-corrected chi connectivity index (χ0v) is 11.2. The minimum absolute atomic E-state index is 0.123. The van der Waals surface area contributed by atoms with Gasteiger partial charge in [-0.3, -0.25) is 14.6 Å². The average Bonchev–Trinajstić information content (AvgIpc) is 2.37. The predicted octanol–water partition coefficient (Wildman–Crippen LogP) is 1.11. The van der Waals surface area contributed by atoms with Crippen molar-refractivity contribution < 1.29 is 9.53 Å². The van der Waals surface area contributed by atoms with Crippen LogP contribution >= 0.6 is 0 Å². The van der Waals surface area contributed by atoms with Crippen molar-refractivity contribution in [2.45, 2.75) is 44.7 Å². The number of esters is 1. The maximum absolute atomic E-state index is 11.8. The first-order chi connectivity index (χ1) is 8.05. The third-order valence-electron chi connectivity index (χ3n) is 4.31. The molecule has 0 bridgehead atoms. The van der Waals surface area contributed by atoms with E-state index in [0.29, 0.717) is 6.04 Å². The third kappa shape index (κ3) is 2.47. The maximum atomic E-state index is 11.8. The van der Waals surface area contributed by atoms with E-state index < -0.39 is 5.54 Å². The van der Waals surface area contributed by atoms with Crippen LogP contribution in [0.15, 0.2) is 0 Å². The molecule has 4 nitrogen and oxygen atoms in total. The van der Waals surface area contributed by atoms with Crippen LogP contribution in [0.25, 0.3) is 0 Å². The number of piperazine rings is 1. The van der Waals surface area contributed by atoms with Crippen LogP contribution in [0.4, 0.5) is 0 Å². The Bertz CT molecular complexity index is 291. The molecular weight excluding hydrogens is 216 g/mol. The molecule has 98 valence electrons. The minimum Gasteiger partial charge on any atom is -0.468 e. The van der Waals surface area contributed by atoms with Crippen molar-refractivity contribution in [1.29, 1.82) is 0 Å². The number of nitrogens with zero attached hydrogens (tertiary/aromatic N) is 2. The molecule has 0 aliphatic carbocycles. The lowest BCUT2D eigenvalue weighted by atomic mass is 9.95. The zero-order valence-electron chi connectivity index (χ0n) is 11.2. The fourth-order valence-electron chi connectivity index (χ4n) is 3.04. The number of hydrogen-bond donors (Lipinski definition) is 0. The van der Waals surface area contributed by atoms with Crippen molar-refractivity contribution in [3.63, 3.8) is 0 Å². The Kier molecular flexibility index (Phi) is 3.73. The lowest BCUT2D eigenvalue weighted by Gasteiger charge is -2.48. The van der Waals surface area contributed by atoms with E-state index in [1.54, 1.807) is 0 Å². The first-order valence-corrected chi connectivity index (χ1v) is 6.63. The highest BCUT2D eigenvalue weighted by atomic mass is 16.5. The molecule has 1 unspecified atom stereocenters. The average molecular weight is 240 g/mol. The Morgan fingerprint density at radius 3 is 2.71 bits per heavy atom. The third-order valence-corrected chi connectivity index (χ3v) is 4.31. The van der Waals surface area contributed by atoms with Gasteiger partial charge in [-0.1, -0.05) is 6.42 Å². The number of rotatable bonds is 2. The van der Waals surface area contributed by atoms with E-state index in [2.05, 4.69) is 9.80 Å². The highest BCUT2D eigenvalue weighted by molar-refractivity contribution is 5.79. The predicted molar refractivity (Wildman–Crippen MR) is 66.9 cm³/mol. The van der Waals surface area contributed by atoms with Crippen LogP contribution in [0.1, 0.15) is 33.1 Å². The standard InChI is InChI=1S/C13H24N2O2/c1-13(2,12(16)17-3)15-9-8-14-7-5-4-6-11(14)10-15/h11H,4-10H2,1-3H3. The fraction of sp³-hybridized carbons (Fsp3) is 0.923. The van der Waals surface area contributed by atoms with Gasteiger partial charge in [0, 0.05) is 25.7 Å². The van der Waals surface area contributed by atoms with Crippen LogP contribution in [0.5, 0.6) is 0 Å². The monoisotopic (exact) mass is 240 g/mol. The quantitative estimate of drug-likeness (QED) is 0.677. The molecule has 0 radical (unpaired) electrons. The molecule has 0 aromatic rings. The largest absolute Gasteiger partial charge is 0.468 e. The summed E-state index contributed by atoms with van der Waals surface area (Å²) in [6, 6.07) is 0.640. The molecule has 2 aliphatic heterocycles. The number of carbonyl (C=O) groups is 1. The zero-order chi connectivity index (χ0) is 12.5. The second kappa shape index (κ2) is 4.94. The van der Waals surface area contributed by atoms with E-state index in [9.17, 15) is 4.79 Å². The molecule has 17 heavy (non-hydrogen) atoms. The van der Waals surface area contributed by atoms with Gasteiger partial charge in [-0.15, -0.1) is 0 Å². The fourth-order valence-corrected chi connectivity index (χ4v) is 3.04. The van der Waals surface area contributed by atoms with Gasteiger partial charge in [-0.05, 0) is 33.2 Å². The second-order valence-corrected chi connectivity index (χ2v) is 5.68. The van der Waals surface area contributed by atoms with Gasteiger partial charge in [-0.25, -0.2) is 0 Å². The van der Waals surface area contributed by atoms with Crippen molar-refractivity contribution in [2.75, 3.05) is 33.3 Å². The molecule has 2 rings (SSSR count). The Labute approximate surface area is 104 Å². The lowest BCUT2D eigenvalue weighted by Crippen LogP contribution is -2.62. The van der Waals surface area contributed by atoms with E-state index in [0.717, 1.165) is 19.6 Å². The molecule has 0 amide bonds. The Balaban J connectivity index is 2.01. The number of hydrogen-bond acceptors (Lipinski definition) is 4. The summed E-state index contributed by atoms with van der Waals surface area (Å²) in [6.45, 7) is 8.23. The molecule has 2 saturated heterocycles. The molecule has 0 aromatic carbocycles. The molecule has 0 N–H and O–H groups in total. The van der Waals surface area contributed by atoms with Crippen molar-refractivity contribution >= 4 is 5.97 Å². The van der Waals surface area contributed by atoms with E-state index in [4.69, 9.17) is 4.74 Å². The summed E-state index contributed by atoms with van der Waals surface area (Å²) in [5.41, 5.74) is -0.488. The normalized spacial score (nSPS) is 27.6. The first-order valence-electron chi connectivity index (χ1n) is 6.63. The molecule has 0 aromatic heterocycles. The summed E-state index contributed by atoms with van der Waals surface area (Å²) < 4.78 is 4.91. The number of ether oxygens (including phenoxy) is 1. The summed E-state index contributed by atoms with van der Waals surface area (Å²) in [4.78, 5) is 16.7.